The second kappa shape index (κ2) is 6.41. The van der Waals surface area contributed by atoms with E-state index in [0.717, 1.165) is 46.3 Å². The molecule has 3 aromatic heterocycles. The number of hydrogen-bond donors (Lipinski definition) is 0. The molecule has 1 fully saturated rings. The third kappa shape index (κ3) is 2.56. The Labute approximate surface area is 184 Å². The highest BCUT2D eigenvalue weighted by atomic mass is 16.2. The predicted molar refractivity (Wildman–Crippen MR) is 121 cm³/mol. The summed E-state index contributed by atoms with van der Waals surface area (Å²) in [7, 11) is 1.89. The van der Waals surface area contributed by atoms with Gasteiger partial charge in [0.2, 0.25) is 5.91 Å². The highest BCUT2D eigenvalue weighted by Crippen LogP contribution is 2.57. The number of pyridine rings is 1. The van der Waals surface area contributed by atoms with Crippen molar-refractivity contribution in [2.45, 2.75) is 18.3 Å². The molecule has 0 unspecified atom stereocenters. The van der Waals surface area contributed by atoms with E-state index in [4.69, 9.17) is 0 Å². The number of nitrogens with zero attached hydrogens (tertiary/aromatic N) is 6. The lowest BCUT2D eigenvalue weighted by atomic mass is 9.93. The summed E-state index contributed by atoms with van der Waals surface area (Å²) in [6, 6.07) is 10.6. The summed E-state index contributed by atoms with van der Waals surface area (Å²) < 4.78 is 3.53. The molecule has 1 amide bonds. The van der Waals surface area contributed by atoms with Crippen molar-refractivity contribution in [2.75, 3.05) is 11.4 Å². The first-order valence-corrected chi connectivity index (χ1v) is 10.5. The molecule has 1 aliphatic heterocycles. The maximum Gasteiger partial charge on any atom is 0.250 e. The van der Waals surface area contributed by atoms with E-state index in [1.54, 1.807) is 15.4 Å². The van der Waals surface area contributed by atoms with Crippen molar-refractivity contribution in [3.05, 3.63) is 72.8 Å². The monoisotopic (exact) mass is 420 g/mol. The molecule has 0 bridgehead atoms. The maximum absolute atomic E-state index is 12.4. The largest absolute Gasteiger partial charge is 0.308 e. The molecule has 7 heteroatoms. The molecule has 1 spiro atoms. The molecular weight excluding hydrogens is 400 g/mol. The molecular formula is C25H20N6O. The van der Waals surface area contributed by atoms with Gasteiger partial charge in [-0.25, -0.2) is 4.52 Å². The number of hydrogen-bond acceptors (Lipinski definition) is 4. The molecule has 0 radical (unpaired) electrons. The molecule has 0 N–H and O–H groups in total. The van der Waals surface area contributed by atoms with Gasteiger partial charge in [0.05, 0.1) is 23.5 Å². The van der Waals surface area contributed by atoms with Gasteiger partial charge in [-0.2, -0.15) is 15.5 Å². The SMILES string of the molecule is C=CC(=O)N1CC2(CC2)c2cc(-c3cc(-c4cnn(C)c4)cn4ncc(C#N)c34)ccc21. The lowest BCUT2D eigenvalue weighted by molar-refractivity contribution is -0.114. The maximum atomic E-state index is 12.4. The topological polar surface area (TPSA) is 79.2 Å². The third-order valence-electron chi connectivity index (χ3n) is 6.70. The normalized spacial score (nSPS) is 15.7. The van der Waals surface area contributed by atoms with Crippen molar-refractivity contribution >= 4 is 17.1 Å². The van der Waals surface area contributed by atoms with E-state index < -0.39 is 0 Å². The molecule has 4 aromatic rings. The van der Waals surface area contributed by atoms with Crippen LogP contribution < -0.4 is 4.90 Å². The number of aromatic nitrogens is 4. The second-order valence-electron chi connectivity index (χ2n) is 8.65. The highest BCUT2D eigenvalue weighted by molar-refractivity contribution is 6.04. The van der Waals surface area contributed by atoms with Crippen LogP contribution in [0.15, 0.2) is 61.7 Å². The Bertz CT molecular complexity index is 1480. The molecule has 6 rings (SSSR count). The van der Waals surface area contributed by atoms with Crippen LogP contribution in [0.2, 0.25) is 0 Å². The fourth-order valence-electron chi connectivity index (χ4n) is 4.87. The number of carbonyl (C=O) groups is 1. The minimum atomic E-state index is -0.0636. The number of rotatable bonds is 3. The summed E-state index contributed by atoms with van der Waals surface area (Å²) in [5.41, 5.74) is 7.41. The van der Waals surface area contributed by atoms with Crippen LogP contribution in [-0.2, 0) is 17.3 Å². The van der Waals surface area contributed by atoms with Crippen LogP contribution in [0.25, 0.3) is 27.8 Å². The van der Waals surface area contributed by atoms with Crippen molar-refractivity contribution in [1.29, 1.82) is 5.26 Å². The van der Waals surface area contributed by atoms with E-state index in [2.05, 4.69) is 35.0 Å². The summed E-state index contributed by atoms with van der Waals surface area (Å²) in [6.07, 6.45) is 10.8. The minimum Gasteiger partial charge on any atom is -0.308 e. The molecule has 32 heavy (non-hydrogen) atoms. The van der Waals surface area contributed by atoms with E-state index >= 15 is 0 Å². The zero-order chi connectivity index (χ0) is 22.0. The van der Waals surface area contributed by atoms with Crippen LogP contribution in [-0.4, -0.2) is 31.8 Å². The van der Waals surface area contributed by atoms with Crippen LogP contribution in [0.3, 0.4) is 0 Å². The summed E-state index contributed by atoms with van der Waals surface area (Å²) in [5.74, 6) is -0.0636. The van der Waals surface area contributed by atoms with Crippen molar-refractivity contribution < 1.29 is 4.79 Å². The molecule has 2 aliphatic rings. The molecule has 4 heterocycles. The molecule has 1 saturated carbocycles. The fourth-order valence-corrected chi connectivity index (χ4v) is 4.87. The van der Waals surface area contributed by atoms with Gasteiger partial charge in [-0.15, -0.1) is 0 Å². The first kappa shape index (κ1) is 18.6. The van der Waals surface area contributed by atoms with Crippen molar-refractivity contribution in [2.24, 2.45) is 7.05 Å². The first-order valence-electron chi connectivity index (χ1n) is 10.5. The molecule has 0 atom stereocenters. The number of carbonyl (C=O) groups excluding carboxylic acids is 1. The van der Waals surface area contributed by atoms with Crippen molar-refractivity contribution in [1.82, 2.24) is 19.4 Å². The van der Waals surface area contributed by atoms with Gasteiger partial charge in [-0.1, -0.05) is 12.6 Å². The van der Waals surface area contributed by atoms with Gasteiger partial charge >= 0.3 is 0 Å². The Morgan fingerprint density at radius 1 is 1.16 bits per heavy atom. The zero-order valence-electron chi connectivity index (χ0n) is 17.6. The van der Waals surface area contributed by atoms with Gasteiger partial charge in [0.15, 0.2) is 0 Å². The third-order valence-corrected chi connectivity index (χ3v) is 6.70. The molecule has 0 saturated heterocycles. The zero-order valence-corrected chi connectivity index (χ0v) is 17.6. The average molecular weight is 420 g/mol. The Morgan fingerprint density at radius 2 is 2.00 bits per heavy atom. The van der Waals surface area contributed by atoms with Crippen molar-refractivity contribution in [3.63, 3.8) is 0 Å². The molecule has 156 valence electrons. The minimum absolute atomic E-state index is 0.0412. The van der Waals surface area contributed by atoms with E-state index in [1.807, 2.05) is 42.7 Å². The van der Waals surface area contributed by atoms with E-state index in [1.165, 1.54) is 11.6 Å². The average Bonchev–Trinajstić information content (AvgIpc) is 3.13. The lowest BCUT2D eigenvalue weighted by Crippen LogP contribution is -2.29. The van der Waals surface area contributed by atoms with Gasteiger partial charge < -0.3 is 4.90 Å². The van der Waals surface area contributed by atoms with Crippen LogP contribution in [0.5, 0.6) is 0 Å². The van der Waals surface area contributed by atoms with E-state index in [-0.39, 0.29) is 11.3 Å². The van der Waals surface area contributed by atoms with Crippen molar-refractivity contribution in [3.8, 4) is 28.3 Å². The summed E-state index contributed by atoms with van der Waals surface area (Å²) in [5, 5.41) is 18.4. The van der Waals surface area contributed by atoms with E-state index in [0.29, 0.717) is 12.1 Å². The number of nitriles is 1. The predicted octanol–water partition coefficient (Wildman–Crippen LogP) is 3.84. The number of amides is 1. The lowest BCUT2D eigenvalue weighted by Gasteiger charge is -2.15. The fraction of sp³-hybridized carbons (Fsp3) is 0.200. The number of aryl methyl sites for hydroxylation is 1. The number of anilines is 1. The van der Waals surface area contributed by atoms with Gasteiger partial charge in [0, 0.05) is 53.8 Å². The molecule has 1 aliphatic carbocycles. The Balaban J connectivity index is 1.57. The van der Waals surface area contributed by atoms with E-state index in [9.17, 15) is 10.1 Å². The van der Waals surface area contributed by atoms with Crippen LogP contribution >= 0.6 is 0 Å². The summed E-state index contributed by atoms with van der Waals surface area (Å²) >= 11 is 0. The Kier molecular flexibility index (Phi) is 3.72. The van der Waals surface area contributed by atoms with Gasteiger partial charge in [0.1, 0.15) is 6.07 Å². The molecule has 1 aromatic carbocycles. The number of benzene rings is 1. The second-order valence-corrected chi connectivity index (χ2v) is 8.65. The summed E-state index contributed by atoms with van der Waals surface area (Å²) in [4.78, 5) is 14.3. The van der Waals surface area contributed by atoms with Gasteiger partial charge in [-0.3, -0.25) is 9.48 Å². The van der Waals surface area contributed by atoms with Gasteiger partial charge in [0.25, 0.3) is 0 Å². The quantitative estimate of drug-likeness (QED) is 0.472. The molecule has 7 nitrogen and oxygen atoms in total. The Morgan fingerprint density at radius 3 is 2.69 bits per heavy atom. The first-order chi connectivity index (χ1) is 15.5. The highest BCUT2D eigenvalue weighted by Gasteiger charge is 2.52. The standard InChI is InChI=1S/C25H20N6O/c1-3-23(32)30-15-25(6-7-25)21-9-16(4-5-22(21)30)20-8-17(19-12-27-29(2)13-19)14-31-24(20)18(10-26)11-28-31/h3-5,8-9,11-14H,1,6-7,15H2,2H3. The van der Waals surface area contributed by atoms with Crippen LogP contribution in [0, 0.1) is 11.3 Å². The van der Waals surface area contributed by atoms with Gasteiger partial charge in [-0.05, 0) is 48.2 Å². The smallest absolute Gasteiger partial charge is 0.250 e. The Hall–Kier alpha value is -4.18. The van der Waals surface area contributed by atoms with Crippen LogP contribution in [0.4, 0.5) is 5.69 Å². The van der Waals surface area contributed by atoms with Crippen LogP contribution in [0.1, 0.15) is 24.0 Å². The number of fused-ring (bicyclic) bond motifs is 3. The summed E-state index contributed by atoms with van der Waals surface area (Å²) in [6.45, 7) is 4.37.